The minimum absolute atomic E-state index is 0.00400. The number of rotatable bonds is 9. The van der Waals surface area contributed by atoms with Crippen LogP contribution in [0.5, 0.6) is 0 Å². The number of esters is 1. The lowest BCUT2D eigenvalue weighted by Gasteiger charge is -2.37. The summed E-state index contributed by atoms with van der Waals surface area (Å²) in [5.41, 5.74) is -0.0975. The number of sulfone groups is 1. The van der Waals surface area contributed by atoms with Crippen molar-refractivity contribution in [2.45, 2.75) is 32.1 Å². The third kappa shape index (κ3) is 8.45. The molecule has 0 saturated heterocycles. The molecule has 0 aliphatic carbocycles. The fourth-order valence-electron chi connectivity index (χ4n) is 5.45. The number of carbonyl (C=O) groups is 2. The van der Waals surface area contributed by atoms with Crippen molar-refractivity contribution in [1.82, 2.24) is 14.8 Å². The van der Waals surface area contributed by atoms with E-state index < -0.39 is 45.8 Å². The van der Waals surface area contributed by atoms with Crippen LogP contribution >= 0.6 is 0 Å². The van der Waals surface area contributed by atoms with Gasteiger partial charge in [-0.1, -0.05) is 12.1 Å². The number of halogens is 3. The highest BCUT2D eigenvalue weighted by Gasteiger charge is 2.41. The second-order valence-electron chi connectivity index (χ2n) is 11.4. The molecule has 0 spiro atoms. The Morgan fingerprint density at radius 2 is 1.89 bits per heavy atom. The van der Waals surface area contributed by atoms with E-state index >= 15 is 0 Å². The normalized spacial score (nSPS) is 14.9. The summed E-state index contributed by atoms with van der Waals surface area (Å²) in [4.78, 5) is 36.3. The van der Waals surface area contributed by atoms with E-state index in [1.54, 1.807) is 12.1 Å². The maximum absolute atomic E-state index is 13.6. The van der Waals surface area contributed by atoms with Crippen LogP contribution in [0.4, 0.5) is 24.8 Å². The molecule has 3 aromatic rings. The van der Waals surface area contributed by atoms with Gasteiger partial charge in [-0.2, -0.15) is 18.4 Å². The van der Waals surface area contributed by atoms with Crippen LogP contribution in [0.15, 0.2) is 58.5 Å². The fourth-order valence-corrected chi connectivity index (χ4v) is 6.11. The molecular formula is C30H33F3N6O7S. The van der Waals surface area contributed by atoms with Crippen LogP contribution in [0.3, 0.4) is 0 Å². The van der Waals surface area contributed by atoms with Gasteiger partial charge in [-0.15, -0.1) is 5.10 Å². The monoisotopic (exact) mass is 678 g/mol. The Kier molecular flexibility index (Phi) is 11.0. The number of hydrogen-bond donors (Lipinski definition) is 1. The zero-order valence-electron chi connectivity index (χ0n) is 26.2. The largest absolute Gasteiger partial charge is 0.554 e. The summed E-state index contributed by atoms with van der Waals surface area (Å²) in [7, 11) is 1.75. The van der Waals surface area contributed by atoms with Crippen molar-refractivity contribution >= 4 is 33.9 Å². The highest BCUT2D eigenvalue weighted by atomic mass is 32.2. The van der Waals surface area contributed by atoms with Crippen LogP contribution in [0, 0.1) is 11.3 Å². The van der Waals surface area contributed by atoms with E-state index in [1.165, 1.54) is 34.6 Å². The molecule has 252 valence electrons. The summed E-state index contributed by atoms with van der Waals surface area (Å²) >= 11 is 0. The number of benzene rings is 2. The minimum atomic E-state index is -4.65. The molecule has 1 atom stereocenters. The molecule has 4 rings (SSSR count). The Morgan fingerprint density at radius 1 is 1.23 bits per heavy atom. The number of fused-ring (bicyclic) bond motifs is 1. The SMILES string of the molecule is COC(=O)C1=C(C)N(c2cccc(C(F)(F)F)c2)c2n[nH]c(=O)n2C1c1ccc(C#N)cc1C[N+](C)(C)CCCS(C)(=O)=O.O=C[O-]. The highest BCUT2D eigenvalue weighted by Crippen LogP contribution is 2.43. The summed E-state index contributed by atoms with van der Waals surface area (Å²) in [5, 5.41) is 24.4. The Morgan fingerprint density at radius 3 is 2.47 bits per heavy atom. The number of aromatic nitrogens is 3. The van der Waals surface area contributed by atoms with Gasteiger partial charge >= 0.3 is 17.8 Å². The lowest BCUT2D eigenvalue weighted by molar-refractivity contribution is -0.903. The molecular weight excluding hydrogens is 645 g/mol. The highest BCUT2D eigenvalue weighted by molar-refractivity contribution is 7.90. The smallest absolute Gasteiger partial charge is 0.416 e. The van der Waals surface area contributed by atoms with E-state index in [1.807, 2.05) is 14.1 Å². The molecule has 13 nitrogen and oxygen atoms in total. The van der Waals surface area contributed by atoms with Gasteiger partial charge in [-0.05, 0) is 42.8 Å². The van der Waals surface area contributed by atoms with Crippen molar-refractivity contribution in [2.75, 3.05) is 44.7 Å². The van der Waals surface area contributed by atoms with Crippen LogP contribution in [0.2, 0.25) is 0 Å². The molecule has 17 heteroatoms. The number of anilines is 2. The molecule has 0 amide bonds. The molecule has 2 aromatic carbocycles. The van der Waals surface area contributed by atoms with E-state index in [9.17, 15) is 36.4 Å². The van der Waals surface area contributed by atoms with Crippen LogP contribution in [0.25, 0.3) is 0 Å². The van der Waals surface area contributed by atoms with E-state index in [2.05, 4.69) is 16.3 Å². The van der Waals surface area contributed by atoms with Gasteiger partial charge in [0, 0.05) is 36.1 Å². The molecule has 1 unspecified atom stereocenters. The number of alkyl halides is 3. The molecule has 2 heterocycles. The quantitative estimate of drug-likeness (QED) is 0.200. The number of ether oxygens (including phenoxy) is 1. The van der Waals surface area contributed by atoms with Gasteiger partial charge in [0.2, 0.25) is 5.95 Å². The van der Waals surface area contributed by atoms with Crippen molar-refractivity contribution in [1.29, 1.82) is 5.26 Å². The van der Waals surface area contributed by atoms with Crippen molar-refractivity contribution in [3.05, 3.63) is 86.5 Å². The number of nitrogens with one attached hydrogen (secondary N) is 1. The fraction of sp³-hybridized carbons (Fsp3) is 0.367. The maximum Gasteiger partial charge on any atom is 0.416 e. The minimum Gasteiger partial charge on any atom is -0.554 e. The van der Waals surface area contributed by atoms with E-state index in [0.717, 1.165) is 25.5 Å². The lowest BCUT2D eigenvalue weighted by Crippen LogP contribution is -2.42. The Hall–Kier alpha value is -4.95. The maximum atomic E-state index is 13.6. The summed E-state index contributed by atoms with van der Waals surface area (Å²) in [6, 6.07) is 10.2. The predicted molar refractivity (Wildman–Crippen MR) is 162 cm³/mol. The van der Waals surface area contributed by atoms with E-state index in [0.29, 0.717) is 34.1 Å². The van der Waals surface area contributed by atoms with Crippen molar-refractivity contribution in [2.24, 2.45) is 0 Å². The molecule has 47 heavy (non-hydrogen) atoms. The second-order valence-corrected chi connectivity index (χ2v) is 13.7. The third-order valence-electron chi connectivity index (χ3n) is 7.42. The number of quaternary nitrogens is 1. The van der Waals surface area contributed by atoms with Crippen molar-refractivity contribution in [3.63, 3.8) is 0 Å². The number of methoxy groups -OCH3 is 1. The first-order valence-electron chi connectivity index (χ1n) is 13.9. The van der Waals surface area contributed by atoms with Gasteiger partial charge in [-0.25, -0.2) is 27.7 Å². The number of allylic oxidation sites excluding steroid dienone is 1. The first-order chi connectivity index (χ1) is 21.9. The molecule has 1 aliphatic heterocycles. The summed E-state index contributed by atoms with van der Waals surface area (Å²) in [6.45, 7) is 1.78. The van der Waals surface area contributed by atoms with Crippen LogP contribution in [-0.2, 0) is 36.9 Å². The number of carbonyl (C=O) groups excluding carboxylic acids is 2. The van der Waals surface area contributed by atoms with Crippen molar-refractivity contribution in [3.8, 4) is 6.07 Å². The second kappa shape index (κ2) is 14.2. The molecule has 0 fully saturated rings. The zero-order valence-corrected chi connectivity index (χ0v) is 27.0. The Balaban J connectivity index is 0.00000192. The molecule has 0 bridgehead atoms. The Labute approximate surface area is 268 Å². The van der Waals surface area contributed by atoms with Gasteiger partial charge in [-0.3, -0.25) is 4.90 Å². The standard InChI is InChI=1S/C29H31F3N6O5S.CH2O2/c1-18-24(26(39)43-4)25(23-11-10-19(16-33)14-20(23)17-38(2,3)12-7-13-44(5,41)42)37-27(34-35-28(37)40)36(18)22-9-6-8-21(15-22)29(30,31)32;2-1-3/h6,8-11,14-15,25H,7,12-13,17H2,1-5H3;1H,(H,2,3). The molecule has 0 saturated carbocycles. The lowest BCUT2D eigenvalue weighted by atomic mass is 9.89. The average molecular weight is 679 g/mol. The van der Waals surface area contributed by atoms with Crippen LogP contribution in [-0.4, -0.2) is 79.9 Å². The first kappa shape index (κ1) is 36.5. The average Bonchev–Trinajstić information content (AvgIpc) is 3.35. The predicted octanol–water partition coefficient (Wildman–Crippen LogP) is 2.03. The summed E-state index contributed by atoms with van der Waals surface area (Å²) in [6.07, 6.45) is -3.10. The van der Waals surface area contributed by atoms with Gasteiger partial charge < -0.3 is 19.1 Å². The van der Waals surface area contributed by atoms with Crippen LogP contribution in [0.1, 0.15) is 41.6 Å². The van der Waals surface area contributed by atoms with Gasteiger partial charge in [0.15, 0.2) is 0 Å². The van der Waals surface area contributed by atoms with E-state index in [4.69, 9.17) is 14.6 Å². The first-order valence-corrected chi connectivity index (χ1v) is 16.0. The molecule has 1 N–H and O–H groups in total. The van der Waals surface area contributed by atoms with Crippen LogP contribution < -0.4 is 15.7 Å². The van der Waals surface area contributed by atoms with Crippen molar-refractivity contribution < 1.29 is 45.5 Å². The topological polar surface area (TPSA) is 178 Å². The molecule has 1 aliphatic rings. The van der Waals surface area contributed by atoms with Gasteiger partial charge in [0.25, 0.3) is 0 Å². The number of H-pyrrole nitrogens is 1. The summed E-state index contributed by atoms with van der Waals surface area (Å²) in [5.74, 6) is -0.877. The number of carboxylic acid groups (broad SMARTS) is 1. The Bertz CT molecular complexity index is 1890. The van der Waals surface area contributed by atoms with Gasteiger partial charge in [0.05, 0.1) is 56.3 Å². The number of hydrogen-bond acceptors (Lipinski definition) is 10. The number of nitrogens with zero attached hydrogens (tertiary/aromatic N) is 5. The van der Waals surface area contributed by atoms with Gasteiger partial charge in [0.1, 0.15) is 22.4 Å². The number of nitriles is 1. The zero-order chi connectivity index (χ0) is 35.3. The molecule has 1 aromatic heterocycles. The van der Waals surface area contributed by atoms with E-state index in [-0.39, 0.29) is 35.2 Å². The molecule has 0 radical (unpaired) electrons. The number of aromatic amines is 1. The third-order valence-corrected chi connectivity index (χ3v) is 8.45. The summed E-state index contributed by atoms with van der Waals surface area (Å²) < 4.78 is 70.9.